The van der Waals surface area contributed by atoms with Crippen LogP contribution in [-0.4, -0.2) is 10.8 Å². The molecule has 2 aromatic rings. The summed E-state index contributed by atoms with van der Waals surface area (Å²) in [5, 5.41) is 14.2. The Hall–Kier alpha value is -2.02. The fraction of sp³-hybridized carbons (Fsp3) is 0.0714. The molecule has 0 unspecified atom stereocenters. The number of benzene rings is 2. The van der Waals surface area contributed by atoms with Crippen LogP contribution in [0.5, 0.6) is 11.5 Å². The summed E-state index contributed by atoms with van der Waals surface area (Å²) in [4.78, 5) is 21.6. The van der Waals surface area contributed by atoms with Crippen molar-refractivity contribution in [2.45, 2.75) is 6.92 Å². The van der Waals surface area contributed by atoms with E-state index in [0.29, 0.717) is 5.02 Å². The number of nitro groups is 1. The zero-order chi connectivity index (χ0) is 17.1. The molecule has 0 aliphatic heterocycles. The highest BCUT2D eigenvalue weighted by Crippen LogP contribution is 2.40. The lowest BCUT2D eigenvalue weighted by Gasteiger charge is -2.11. The van der Waals surface area contributed by atoms with Crippen LogP contribution in [0.4, 0.5) is 11.4 Å². The van der Waals surface area contributed by atoms with Crippen molar-refractivity contribution >= 4 is 52.1 Å². The number of halogens is 3. The van der Waals surface area contributed by atoms with Crippen LogP contribution in [0.25, 0.3) is 0 Å². The van der Waals surface area contributed by atoms with Crippen molar-refractivity contribution in [3.8, 4) is 11.5 Å². The molecule has 0 aliphatic rings. The van der Waals surface area contributed by atoms with E-state index >= 15 is 0 Å². The highest BCUT2D eigenvalue weighted by molar-refractivity contribution is 6.35. The molecule has 23 heavy (non-hydrogen) atoms. The molecule has 0 bridgehead atoms. The summed E-state index contributed by atoms with van der Waals surface area (Å²) in [6, 6.07) is 6.87. The lowest BCUT2D eigenvalue weighted by molar-refractivity contribution is -0.384. The molecule has 0 spiro atoms. The molecule has 1 N–H and O–H groups in total. The van der Waals surface area contributed by atoms with Crippen molar-refractivity contribution in [3.05, 3.63) is 55.5 Å². The van der Waals surface area contributed by atoms with Gasteiger partial charge in [-0.2, -0.15) is 0 Å². The number of carbonyl (C=O) groups is 1. The van der Waals surface area contributed by atoms with E-state index in [4.69, 9.17) is 39.5 Å². The first-order valence-electron chi connectivity index (χ1n) is 6.16. The maximum absolute atomic E-state index is 11.1. The molecule has 2 aromatic carbocycles. The molecule has 0 saturated heterocycles. The minimum Gasteiger partial charge on any atom is -0.454 e. The molecule has 9 heteroatoms. The molecule has 0 aromatic heterocycles. The van der Waals surface area contributed by atoms with Crippen molar-refractivity contribution in [2.24, 2.45) is 0 Å². The van der Waals surface area contributed by atoms with Gasteiger partial charge in [-0.05, 0) is 24.3 Å². The van der Waals surface area contributed by atoms with E-state index in [1.54, 1.807) is 6.07 Å². The van der Waals surface area contributed by atoms with Gasteiger partial charge in [-0.1, -0.05) is 34.8 Å². The number of rotatable bonds is 4. The van der Waals surface area contributed by atoms with Crippen molar-refractivity contribution in [3.63, 3.8) is 0 Å². The molecule has 0 radical (unpaired) electrons. The summed E-state index contributed by atoms with van der Waals surface area (Å²) in [5.74, 6) is -0.199. The highest BCUT2D eigenvalue weighted by Gasteiger charge is 2.20. The Kier molecular flexibility index (Phi) is 5.30. The van der Waals surface area contributed by atoms with Crippen LogP contribution in [0.3, 0.4) is 0 Å². The van der Waals surface area contributed by atoms with Gasteiger partial charge in [0, 0.05) is 11.9 Å². The summed E-state index contributed by atoms with van der Waals surface area (Å²) < 4.78 is 5.51. The number of amides is 1. The monoisotopic (exact) mass is 374 g/mol. The number of anilines is 1. The Morgan fingerprint density at radius 3 is 2.35 bits per heavy atom. The van der Waals surface area contributed by atoms with Crippen molar-refractivity contribution in [1.29, 1.82) is 0 Å². The summed E-state index contributed by atoms with van der Waals surface area (Å²) >= 11 is 17.8. The van der Waals surface area contributed by atoms with Crippen LogP contribution >= 0.6 is 34.8 Å². The molecule has 0 fully saturated rings. The Labute approximate surface area is 146 Å². The number of hydrogen-bond acceptors (Lipinski definition) is 4. The van der Waals surface area contributed by atoms with Crippen molar-refractivity contribution in [1.82, 2.24) is 0 Å². The van der Waals surface area contributed by atoms with E-state index in [1.807, 2.05) is 0 Å². The zero-order valence-corrected chi connectivity index (χ0v) is 13.9. The third kappa shape index (κ3) is 4.25. The maximum atomic E-state index is 11.1. The van der Waals surface area contributed by atoms with Crippen molar-refractivity contribution in [2.75, 3.05) is 5.32 Å². The highest BCUT2D eigenvalue weighted by atomic mass is 35.5. The number of nitrogens with zero attached hydrogens (tertiary/aromatic N) is 1. The van der Waals surface area contributed by atoms with E-state index in [-0.39, 0.29) is 32.9 Å². The minimum atomic E-state index is -0.655. The van der Waals surface area contributed by atoms with Gasteiger partial charge in [-0.3, -0.25) is 14.9 Å². The first kappa shape index (κ1) is 17.3. The van der Waals surface area contributed by atoms with Gasteiger partial charge in [-0.15, -0.1) is 0 Å². The molecule has 0 atom stereocenters. The summed E-state index contributed by atoms with van der Waals surface area (Å²) in [6.45, 7) is 1.23. The van der Waals surface area contributed by atoms with E-state index in [0.717, 1.165) is 6.07 Å². The number of nitro benzene ring substituents is 1. The van der Waals surface area contributed by atoms with Crippen LogP contribution < -0.4 is 10.1 Å². The summed E-state index contributed by atoms with van der Waals surface area (Å²) in [5.41, 5.74) is -0.383. The Bertz CT molecular complexity index is 796. The Balaban J connectivity index is 2.44. The van der Waals surface area contributed by atoms with Gasteiger partial charge in [0.2, 0.25) is 5.91 Å². The molecule has 6 nitrogen and oxygen atoms in total. The van der Waals surface area contributed by atoms with Crippen LogP contribution in [0.1, 0.15) is 6.92 Å². The van der Waals surface area contributed by atoms with Gasteiger partial charge in [0.1, 0.15) is 11.4 Å². The third-order valence-electron chi connectivity index (χ3n) is 2.67. The predicted octanol–water partition coefficient (Wildman–Crippen LogP) is 5.31. The Morgan fingerprint density at radius 1 is 1.13 bits per heavy atom. The largest absolute Gasteiger partial charge is 0.454 e. The summed E-state index contributed by atoms with van der Waals surface area (Å²) in [7, 11) is 0. The van der Waals surface area contributed by atoms with E-state index in [1.165, 1.54) is 25.1 Å². The van der Waals surface area contributed by atoms with E-state index in [9.17, 15) is 14.9 Å². The van der Waals surface area contributed by atoms with Gasteiger partial charge in [0.05, 0.1) is 21.0 Å². The average molecular weight is 376 g/mol. The van der Waals surface area contributed by atoms with Crippen LogP contribution in [0.2, 0.25) is 15.1 Å². The van der Waals surface area contributed by atoms with Crippen LogP contribution in [-0.2, 0) is 4.79 Å². The SMILES string of the molecule is CC(=O)Nc1cc(Cl)c(Oc2ccc(Cl)cc2Cl)cc1[N+](=O)[O-]. The maximum Gasteiger partial charge on any atom is 0.296 e. The van der Waals surface area contributed by atoms with Crippen LogP contribution in [0, 0.1) is 10.1 Å². The van der Waals surface area contributed by atoms with Gasteiger partial charge in [0.25, 0.3) is 5.69 Å². The number of carbonyl (C=O) groups excluding carboxylic acids is 1. The first-order chi connectivity index (χ1) is 10.8. The van der Waals surface area contributed by atoms with Crippen LogP contribution in [0.15, 0.2) is 30.3 Å². The van der Waals surface area contributed by atoms with Crippen molar-refractivity contribution < 1.29 is 14.5 Å². The normalized spacial score (nSPS) is 10.3. The summed E-state index contributed by atoms with van der Waals surface area (Å²) in [6.07, 6.45) is 0. The fourth-order valence-corrected chi connectivity index (χ4v) is 2.39. The fourth-order valence-electron chi connectivity index (χ4n) is 1.74. The Morgan fingerprint density at radius 2 is 1.78 bits per heavy atom. The standard InChI is InChI=1S/C14H9Cl3N2O4/c1-7(20)18-11-5-10(17)14(6-12(11)19(21)22)23-13-3-2-8(15)4-9(13)16/h2-6H,1H3,(H,18,20). The molecule has 0 saturated carbocycles. The van der Waals surface area contributed by atoms with Gasteiger partial charge >= 0.3 is 0 Å². The zero-order valence-electron chi connectivity index (χ0n) is 11.6. The average Bonchev–Trinajstić information content (AvgIpc) is 2.43. The topological polar surface area (TPSA) is 81.5 Å². The molecule has 1 amide bonds. The minimum absolute atomic E-state index is 0.0247. The third-order valence-corrected chi connectivity index (χ3v) is 3.50. The number of hydrogen-bond donors (Lipinski definition) is 1. The molecule has 120 valence electrons. The van der Waals surface area contributed by atoms with Gasteiger partial charge in [-0.25, -0.2) is 0 Å². The molecule has 0 aliphatic carbocycles. The quantitative estimate of drug-likeness (QED) is 0.580. The smallest absolute Gasteiger partial charge is 0.296 e. The van der Waals surface area contributed by atoms with E-state index < -0.39 is 10.8 Å². The number of ether oxygens (including phenoxy) is 1. The molecular weight excluding hydrogens is 367 g/mol. The van der Waals surface area contributed by atoms with E-state index in [2.05, 4.69) is 5.32 Å². The first-order valence-corrected chi connectivity index (χ1v) is 7.29. The molecule has 0 heterocycles. The molecule has 2 rings (SSSR count). The lowest BCUT2D eigenvalue weighted by Crippen LogP contribution is -2.08. The lowest BCUT2D eigenvalue weighted by atomic mass is 10.2. The second-order valence-electron chi connectivity index (χ2n) is 4.41. The number of nitrogens with one attached hydrogen (secondary N) is 1. The second kappa shape index (κ2) is 7.04. The van der Waals surface area contributed by atoms with Gasteiger partial charge in [0.15, 0.2) is 5.75 Å². The molecular formula is C14H9Cl3N2O4. The second-order valence-corrected chi connectivity index (χ2v) is 5.67. The predicted molar refractivity (Wildman–Crippen MR) is 88.9 cm³/mol. The van der Waals surface area contributed by atoms with Gasteiger partial charge < -0.3 is 10.1 Å².